The molecule has 0 aliphatic heterocycles. The third kappa shape index (κ3) is 3.87. The first-order valence-corrected chi connectivity index (χ1v) is 5.87. The van der Waals surface area contributed by atoms with E-state index in [1.807, 2.05) is 37.2 Å². The molecule has 1 rings (SSSR count). The van der Waals surface area contributed by atoms with Gasteiger partial charge < -0.3 is 20.2 Å². The van der Waals surface area contributed by atoms with Gasteiger partial charge in [0.1, 0.15) is 6.04 Å². The summed E-state index contributed by atoms with van der Waals surface area (Å²) < 4.78 is 0. The third-order valence-electron chi connectivity index (χ3n) is 2.87. The van der Waals surface area contributed by atoms with Gasteiger partial charge in [-0.3, -0.25) is 0 Å². The summed E-state index contributed by atoms with van der Waals surface area (Å²) in [5, 5.41) is 11.5. The number of carbonyl (C=O) groups excluding carboxylic acids is 1. The number of carboxylic acids is 1. The Balaban J connectivity index is 2.77. The zero-order valence-corrected chi connectivity index (χ0v) is 11.5. The van der Waals surface area contributed by atoms with Crippen LogP contribution in [-0.4, -0.2) is 49.2 Å². The highest BCUT2D eigenvalue weighted by Gasteiger charge is 2.21. The van der Waals surface area contributed by atoms with Gasteiger partial charge in [-0.1, -0.05) is 6.07 Å². The smallest absolute Gasteiger partial charge is 0.326 e. The Bertz CT molecular complexity index is 474. The van der Waals surface area contributed by atoms with Crippen molar-refractivity contribution < 1.29 is 14.7 Å². The van der Waals surface area contributed by atoms with Gasteiger partial charge in [-0.15, -0.1) is 0 Å². The Morgan fingerprint density at radius 2 is 1.89 bits per heavy atom. The molecule has 104 valence electrons. The Morgan fingerprint density at radius 1 is 1.26 bits per heavy atom. The number of carbonyl (C=O) groups is 2. The van der Waals surface area contributed by atoms with Crippen molar-refractivity contribution in [2.45, 2.75) is 13.0 Å². The molecule has 1 aromatic rings. The number of nitrogens with one attached hydrogen (secondary N) is 1. The number of rotatable bonds is 4. The minimum Gasteiger partial charge on any atom is -0.480 e. The van der Waals surface area contributed by atoms with E-state index in [0.29, 0.717) is 5.69 Å². The summed E-state index contributed by atoms with van der Waals surface area (Å²) in [6, 6.07) is 5.98. The van der Waals surface area contributed by atoms with E-state index >= 15 is 0 Å². The van der Waals surface area contributed by atoms with Crippen molar-refractivity contribution in [3.63, 3.8) is 0 Å². The molecule has 2 amide bonds. The average molecular weight is 265 g/mol. The molecule has 6 nitrogen and oxygen atoms in total. The molecule has 2 N–H and O–H groups in total. The van der Waals surface area contributed by atoms with Gasteiger partial charge in [0.05, 0.1) is 0 Å². The molecule has 19 heavy (non-hydrogen) atoms. The largest absolute Gasteiger partial charge is 0.480 e. The molecular formula is C13H19N3O3. The highest BCUT2D eigenvalue weighted by Crippen LogP contribution is 2.17. The van der Waals surface area contributed by atoms with Crippen molar-refractivity contribution in [3.8, 4) is 0 Å². The van der Waals surface area contributed by atoms with Crippen LogP contribution in [0.15, 0.2) is 24.3 Å². The predicted molar refractivity (Wildman–Crippen MR) is 74.6 cm³/mol. The number of amides is 2. The minimum absolute atomic E-state index is 0.453. The SMILES string of the molecule is CC(C(=O)O)N(C)C(=O)Nc1cccc(N(C)C)c1. The Kier molecular flexibility index (Phi) is 4.74. The summed E-state index contributed by atoms with van der Waals surface area (Å²) in [5.41, 5.74) is 1.58. The number of urea groups is 1. The molecule has 0 heterocycles. The second kappa shape index (κ2) is 6.08. The van der Waals surface area contributed by atoms with Crippen molar-refractivity contribution in [1.82, 2.24) is 4.90 Å². The Morgan fingerprint density at radius 3 is 2.42 bits per heavy atom. The number of nitrogens with zero attached hydrogens (tertiary/aromatic N) is 2. The number of aliphatic carboxylic acids is 1. The summed E-state index contributed by atoms with van der Waals surface area (Å²) in [6.07, 6.45) is 0. The fourth-order valence-electron chi connectivity index (χ4n) is 1.42. The monoisotopic (exact) mass is 265 g/mol. The van der Waals surface area contributed by atoms with Gasteiger partial charge >= 0.3 is 12.0 Å². The van der Waals surface area contributed by atoms with Crippen molar-refractivity contribution in [2.75, 3.05) is 31.4 Å². The van der Waals surface area contributed by atoms with Gasteiger partial charge in [-0.2, -0.15) is 0 Å². The van der Waals surface area contributed by atoms with Crippen molar-refractivity contribution in [2.24, 2.45) is 0 Å². The number of benzene rings is 1. The average Bonchev–Trinajstić information content (AvgIpc) is 2.37. The summed E-state index contributed by atoms with van der Waals surface area (Å²) in [4.78, 5) is 25.7. The first-order valence-electron chi connectivity index (χ1n) is 5.87. The molecular weight excluding hydrogens is 246 g/mol. The highest BCUT2D eigenvalue weighted by atomic mass is 16.4. The lowest BCUT2D eigenvalue weighted by molar-refractivity contribution is -0.141. The quantitative estimate of drug-likeness (QED) is 0.869. The first-order chi connectivity index (χ1) is 8.82. The maximum atomic E-state index is 11.9. The van der Waals surface area contributed by atoms with E-state index in [2.05, 4.69) is 5.32 Å². The number of hydrogen-bond donors (Lipinski definition) is 2. The van der Waals surface area contributed by atoms with E-state index in [9.17, 15) is 9.59 Å². The molecule has 0 saturated heterocycles. The lowest BCUT2D eigenvalue weighted by Crippen LogP contribution is -2.42. The van der Waals surface area contributed by atoms with Crippen LogP contribution in [-0.2, 0) is 4.79 Å². The van der Waals surface area contributed by atoms with Crippen LogP contribution in [0.1, 0.15) is 6.92 Å². The number of hydrogen-bond acceptors (Lipinski definition) is 3. The molecule has 1 atom stereocenters. The zero-order valence-electron chi connectivity index (χ0n) is 11.5. The lowest BCUT2D eigenvalue weighted by Gasteiger charge is -2.22. The van der Waals surface area contributed by atoms with Crippen LogP contribution in [0.2, 0.25) is 0 Å². The topological polar surface area (TPSA) is 72.9 Å². The minimum atomic E-state index is -1.04. The van der Waals surface area contributed by atoms with Gasteiger partial charge in [0.2, 0.25) is 0 Å². The summed E-state index contributed by atoms with van der Waals surface area (Å²) in [6.45, 7) is 1.46. The predicted octanol–water partition coefficient (Wildman–Crippen LogP) is 1.69. The molecule has 0 aliphatic carbocycles. The van der Waals surface area contributed by atoms with Gasteiger partial charge in [0.15, 0.2) is 0 Å². The van der Waals surface area contributed by atoms with Crippen LogP contribution >= 0.6 is 0 Å². The van der Waals surface area contributed by atoms with Crippen LogP contribution in [0.5, 0.6) is 0 Å². The molecule has 0 fully saturated rings. The molecule has 1 aromatic carbocycles. The molecule has 0 aromatic heterocycles. The summed E-state index contributed by atoms with van der Waals surface area (Å²) in [7, 11) is 5.25. The van der Waals surface area contributed by atoms with E-state index in [0.717, 1.165) is 10.6 Å². The first kappa shape index (κ1) is 14.8. The van der Waals surface area contributed by atoms with Gasteiger partial charge in [0, 0.05) is 32.5 Å². The normalized spacial score (nSPS) is 11.6. The fourth-order valence-corrected chi connectivity index (χ4v) is 1.42. The van der Waals surface area contributed by atoms with Gasteiger partial charge in [-0.25, -0.2) is 9.59 Å². The van der Waals surface area contributed by atoms with E-state index < -0.39 is 18.0 Å². The molecule has 6 heteroatoms. The zero-order chi connectivity index (χ0) is 14.6. The molecule has 0 saturated carbocycles. The highest BCUT2D eigenvalue weighted by molar-refractivity contribution is 5.92. The lowest BCUT2D eigenvalue weighted by atomic mass is 10.2. The fraction of sp³-hybridized carbons (Fsp3) is 0.385. The number of carboxylic acid groups (broad SMARTS) is 1. The molecule has 1 unspecified atom stereocenters. The molecule has 0 spiro atoms. The van der Waals surface area contributed by atoms with Crippen molar-refractivity contribution in [3.05, 3.63) is 24.3 Å². The number of likely N-dealkylation sites (N-methyl/N-ethyl adjacent to an activating group) is 1. The molecule has 0 aliphatic rings. The standard InChI is InChI=1S/C13H19N3O3/c1-9(12(17)18)16(4)13(19)14-10-6-5-7-11(8-10)15(2)3/h5-9H,1-4H3,(H,14,19)(H,17,18). The van der Waals surface area contributed by atoms with E-state index in [1.54, 1.807) is 6.07 Å². The third-order valence-corrected chi connectivity index (χ3v) is 2.87. The van der Waals surface area contributed by atoms with Gasteiger partial charge in [0.25, 0.3) is 0 Å². The van der Waals surface area contributed by atoms with Crippen LogP contribution in [0.25, 0.3) is 0 Å². The van der Waals surface area contributed by atoms with E-state index in [4.69, 9.17) is 5.11 Å². The molecule has 0 radical (unpaired) electrons. The van der Waals surface area contributed by atoms with E-state index in [1.165, 1.54) is 14.0 Å². The van der Waals surface area contributed by atoms with E-state index in [-0.39, 0.29) is 0 Å². The Hall–Kier alpha value is -2.24. The van der Waals surface area contributed by atoms with Crippen LogP contribution in [0.4, 0.5) is 16.2 Å². The van der Waals surface area contributed by atoms with Crippen LogP contribution in [0.3, 0.4) is 0 Å². The van der Waals surface area contributed by atoms with Crippen LogP contribution in [0, 0.1) is 0 Å². The van der Waals surface area contributed by atoms with Crippen molar-refractivity contribution >= 4 is 23.4 Å². The maximum absolute atomic E-state index is 11.9. The summed E-state index contributed by atoms with van der Waals surface area (Å²) >= 11 is 0. The van der Waals surface area contributed by atoms with Gasteiger partial charge in [-0.05, 0) is 25.1 Å². The second-order valence-electron chi connectivity index (χ2n) is 4.50. The molecule has 0 bridgehead atoms. The van der Waals surface area contributed by atoms with Crippen LogP contribution < -0.4 is 10.2 Å². The van der Waals surface area contributed by atoms with Crippen molar-refractivity contribution in [1.29, 1.82) is 0 Å². The number of anilines is 2. The second-order valence-corrected chi connectivity index (χ2v) is 4.50. The summed E-state index contributed by atoms with van der Waals surface area (Å²) in [5.74, 6) is -1.04. The maximum Gasteiger partial charge on any atom is 0.326 e. The Labute approximate surface area is 112 Å².